The van der Waals surface area contributed by atoms with E-state index in [9.17, 15) is 9.59 Å². The molecule has 1 fully saturated rings. The highest BCUT2D eigenvalue weighted by Gasteiger charge is 2.28. The fraction of sp³-hybridized carbons (Fsp3) is 0.367. The molecular formula is C30H35Cl2N5O2. The van der Waals surface area contributed by atoms with Crippen LogP contribution in [0.25, 0.3) is 11.1 Å². The Morgan fingerprint density at radius 1 is 0.897 bits per heavy atom. The van der Waals surface area contributed by atoms with Crippen molar-refractivity contribution in [1.29, 1.82) is 0 Å². The summed E-state index contributed by atoms with van der Waals surface area (Å²) in [5.74, 6) is -0.204. The van der Waals surface area contributed by atoms with Gasteiger partial charge in [0, 0.05) is 45.8 Å². The van der Waals surface area contributed by atoms with Gasteiger partial charge in [-0.1, -0.05) is 53.5 Å². The predicted molar refractivity (Wildman–Crippen MR) is 158 cm³/mol. The molecule has 0 aliphatic carbocycles. The van der Waals surface area contributed by atoms with Crippen LogP contribution in [0.2, 0.25) is 10.0 Å². The zero-order chi connectivity index (χ0) is 27.9. The monoisotopic (exact) mass is 567 g/mol. The summed E-state index contributed by atoms with van der Waals surface area (Å²) in [4.78, 5) is 38.1. The van der Waals surface area contributed by atoms with Crippen LogP contribution in [0.3, 0.4) is 0 Å². The number of hydrogen-bond donors (Lipinski definition) is 0. The first-order valence-electron chi connectivity index (χ1n) is 13.1. The highest BCUT2D eigenvalue weighted by atomic mass is 35.5. The number of likely N-dealkylation sites (N-methyl/N-ethyl adjacent to an activating group) is 2. The molecule has 0 radical (unpaired) electrons. The lowest BCUT2D eigenvalue weighted by Gasteiger charge is -2.34. The van der Waals surface area contributed by atoms with E-state index in [2.05, 4.69) is 34.1 Å². The number of carbonyl (C=O) groups excluding carboxylic acids is 2. The van der Waals surface area contributed by atoms with Crippen molar-refractivity contribution in [3.8, 4) is 11.1 Å². The molecule has 4 rings (SSSR count). The lowest BCUT2D eigenvalue weighted by Crippen LogP contribution is -2.46. The summed E-state index contributed by atoms with van der Waals surface area (Å²) in [7, 11) is 5.24. The molecule has 1 aromatic heterocycles. The minimum Gasteiger partial charge on any atom is -0.353 e. The van der Waals surface area contributed by atoms with E-state index in [1.54, 1.807) is 43.4 Å². The molecule has 7 nitrogen and oxygen atoms in total. The zero-order valence-corrected chi connectivity index (χ0v) is 24.2. The van der Waals surface area contributed by atoms with Gasteiger partial charge in [-0.2, -0.15) is 0 Å². The smallest absolute Gasteiger partial charge is 0.242 e. The van der Waals surface area contributed by atoms with Crippen LogP contribution >= 0.6 is 23.2 Å². The van der Waals surface area contributed by atoms with Crippen LogP contribution in [-0.2, 0) is 9.59 Å². The van der Waals surface area contributed by atoms with Crippen molar-refractivity contribution >= 4 is 40.7 Å². The lowest BCUT2D eigenvalue weighted by atomic mass is 10.0. The Labute approximate surface area is 240 Å². The van der Waals surface area contributed by atoms with Gasteiger partial charge in [0.1, 0.15) is 0 Å². The van der Waals surface area contributed by atoms with Gasteiger partial charge >= 0.3 is 0 Å². The van der Waals surface area contributed by atoms with E-state index in [0.29, 0.717) is 15.7 Å². The fourth-order valence-corrected chi connectivity index (χ4v) is 5.06. The SMILES string of the molecule is CN(C)C(=O)CN(CC(=O)N(C)C(CN1CCCC1)c1ccc(-c2cccnc2)cc1)c1ccc(Cl)c(Cl)c1. The van der Waals surface area contributed by atoms with Crippen molar-refractivity contribution in [2.45, 2.75) is 18.9 Å². The third-order valence-electron chi connectivity index (χ3n) is 7.20. The number of halogens is 2. The number of carbonyl (C=O) groups is 2. The van der Waals surface area contributed by atoms with Gasteiger partial charge in [-0.3, -0.25) is 14.6 Å². The van der Waals surface area contributed by atoms with E-state index in [1.807, 2.05) is 30.3 Å². The summed E-state index contributed by atoms with van der Waals surface area (Å²) in [5, 5.41) is 0.793. The Kier molecular flexibility index (Phi) is 9.83. The molecule has 1 unspecified atom stereocenters. The molecule has 0 N–H and O–H groups in total. The Hall–Kier alpha value is -3.13. The number of amides is 2. The largest absolute Gasteiger partial charge is 0.353 e. The Balaban J connectivity index is 1.58. The molecule has 0 bridgehead atoms. The van der Waals surface area contributed by atoms with Crippen LogP contribution in [0.4, 0.5) is 5.69 Å². The number of benzene rings is 2. The second kappa shape index (κ2) is 13.3. The molecule has 39 heavy (non-hydrogen) atoms. The van der Waals surface area contributed by atoms with Gasteiger partial charge < -0.3 is 19.6 Å². The first kappa shape index (κ1) is 28.9. The molecule has 0 spiro atoms. The van der Waals surface area contributed by atoms with Crippen LogP contribution in [0.5, 0.6) is 0 Å². The first-order valence-corrected chi connectivity index (χ1v) is 13.9. The predicted octanol–water partition coefficient (Wildman–Crippen LogP) is 5.25. The van der Waals surface area contributed by atoms with Gasteiger partial charge in [-0.15, -0.1) is 0 Å². The molecule has 1 atom stereocenters. The summed E-state index contributed by atoms with van der Waals surface area (Å²) < 4.78 is 0. The van der Waals surface area contributed by atoms with Gasteiger partial charge in [-0.05, 0) is 66.9 Å². The van der Waals surface area contributed by atoms with Crippen molar-refractivity contribution in [2.24, 2.45) is 0 Å². The molecule has 1 saturated heterocycles. The van der Waals surface area contributed by atoms with Gasteiger partial charge in [0.15, 0.2) is 0 Å². The average Bonchev–Trinajstić information content (AvgIpc) is 3.46. The highest BCUT2D eigenvalue weighted by molar-refractivity contribution is 6.42. The molecule has 1 aliphatic rings. The number of anilines is 1. The van der Waals surface area contributed by atoms with Crippen LogP contribution in [-0.4, -0.2) is 85.4 Å². The number of nitrogens with zero attached hydrogens (tertiary/aromatic N) is 5. The molecule has 2 heterocycles. The number of hydrogen-bond acceptors (Lipinski definition) is 5. The van der Waals surface area contributed by atoms with E-state index < -0.39 is 0 Å². The van der Waals surface area contributed by atoms with E-state index >= 15 is 0 Å². The minimum absolute atomic E-state index is 0.0261. The van der Waals surface area contributed by atoms with Crippen molar-refractivity contribution < 1.29 is 9.59 Å². The minimum atomic E-state index is -0.140. The zero-order valence-electron chi connectivity index (χ0n) is 22.7. The van der Waals surface area contributed by atoms with Crippen molar-refractivity contribution in [2.75, 3.05) is 58.8 Å². The summed E-state index contributed by atoms with van der Waals surface area (Å²) in [6.07, 6.45) is 5.95. The summed E-state index contributed by atoms with van der Waals surface area (Å²) in [6, 6.07) is 17.3. The number of likely N-dealkylation sites (tertiary alicyclic amines) is 1. The molecule has 1 aliphatic heterocycles. The van der Waals surface area contributed by atoms with Crippen LogP contribution < -0.4 is 4.90 Å². The normalized spacial score (nSPS) is 14.2. The third-order valence-corrected chi connectivity index (χ3v) is 7.94. The van der Waals surface area contributed by atoms with Gasteiger partial charge in [-0.25, -0.2) is 0 Å². The van der Waals surface area contributed by atoms with E-state index in [1.165, 1.54) is 17.7 Å². The van der Waals surface area contributed by atoms with E-state index in [0.717, 1.165) is 36.3 Å². The Bertz CT molecular complexity index is 1260. The van der Waals surface area contributed by atoms with Gasteiger partial charge in [0.05, 0.1) is 29.2 Å². The van der Waals surface area contributed by atoms with Crippen LogP contribution in [0.1, 0.15) is 24.4 Å². The first-order chi connectivity index (χ1) is 18.7. The second-order valence-corrected chi connectivity index (χ2v) is 10.9. The van der Waals surface area contributed by atoms with Crippen molar-refractivity contribution in [3.63, 3.8) is 0 Å². The van der Waals surface area contributed by atoms with E-state index in [-0.39, 0.29) is 30.9 Å². The third kappa shape index (κ3) is 7.50. The van der Waals surface area contributed by atoms with Crippen molar-refractivity contribution in [1.82, 2.24) is 19.7 Å². The summed E-state index contributed by atoms with van der Waals surface area (Å²) in [5.41, 5.74) is 3.86. The van der Waals surface area contributed by atoms with Gasteiger partial charge in [0.25, 0.3) is 0 Å². The topological polar surface area (TPSA) is 60.0 Å². The van der Waals surface area contributed by atoms with Crippen LogP contribution in [0, 0.1) is 0 Å². The maximum absolute atomic E-state index is 13.8. The maximum Gasteiger partial charge on any atom is 0.242 e. The standard InChI is InChI=1S/C30H35Cl2N5O2/c1-34(2)29(38)20-37(25-12-13-26(31)27(32)17-25)21-30(39)35(3)28(19-36-15-4-5-16-36)23-10-8-22(9-11-23)24-7-6-14-33-18-24/h6-14,17-18,28H,4-5,15-16,19-21H2,1-3H3. The average molecular weight is 569 g/mol. The Morgan fingerprint density at radius 2 is 1.59 bits per heavy atom. The number of pyridine rings is 1. The molecule has 2 aromatic carbocycles. The molecule has 3 aromatic rings. The summed E-state index contributed by atoms with van der Waals surface area (Å²) >= 11 is 12.4. The lowest BCUT2D eigenvalue weighted by molar-refractivity contribution is -0.131. The quantitative estimate of drug-likeness (QED) is 0.335. The van der Waals surface area contributed by atoms with Crippen LogP contribution in [0.15, 0.2) is 67.0 Å². The molecule has 2 amide bonds. The molecule has 0 saturated carbocycles. The Morgan fingerprint density at radius 3 is 2.21 bits per heavy atom. The number of aromatic nitrogens is 1. The summed E-state index contributed by atoms with van der Waals surface area (Å²) in [6.45, 7) is 2.87. The molecular weight excluding hydrogens is 533 g/mol. The molecule has 206 valence electrons. The number of rotatable bonds is 10. The molecule has 9 heteroatoms. The fourth-order valence-electron chi connectivity index (χ4n) is 4.77. The highest BCUT2D eigenvalue weighted by Crippen LogP contribution is 2.29. The van der Waals surface area contributed by atoms with E-state index in [4.69, 9.17) is 23.2 Å². The maximum atomic E-state index is 13.8. The second-order valence-electron chi connectivity index (χ2n) is 10.1. The van der Waals surface area contributed by atoms with Gasteiger partial charge in [0.2, 0.25) is 11.8 Å². The van der Waals surface area contributed by atoms with Crippen molar-refractivity contribution in [3.05, 3.63) is 82.6 Å².